The van der Waals surface area contributed by atoms with Crippen molar-refractivity contribution in [1.82, 2.24) is 10.3 Å². The molecule has 150 valence electrons. The van der Waals surface area contributed by atoms with Crippen molar-refractivity contribution in [2.24, 2.45) is 0 Å². The zero-order valence-corrected chi connectivity index (χ0v) is 15.9. The van der Waals surface area contributed by atoms with Crippen LogP contribution >= 0.6 is 0 Å². The molecule has 0 fully saturated rings. The summed E-state index contributed by atoms with van der Waals surface area (Å²) in [6.45, 7) is -0.197. The Kier molecular flexibility index (Phi) is 5.43. The average molecular weight is 402 g/mol. The summed E-state index contributed by atoms with van der Waals surface area (Å²) in [4.78, 5) is 29.3. The molecular weight excluding hydrogens is 384 g/mol. The van der Waals surface area contributed by atoms with E-state index in [9.17, 15) is 14.7 Å². The lowest BCUT2D eigenvalue weighted by molar-refractivity contribution is -0.124. The number of phenols is 1. The summed E-state index contributed by atoms with van der Waals surface area (Å²) in [7, 11) is 0. The number of nitrogens with zero attached hydrogens (tertiary/aromatic N) is 1. The number of phenolic OH excluding ortho intramolecular Hbond substituents is 1. The van der Waals surface area contributed by atoms with E-state index in [-0.39, 0.29) is 12.3 Å². The molecule has 0 bridgehead atoms. The van der Waals surface area contributed by atoms with Gasteiger partial charge in [-0.15, -0.1) is 0 Å². The molecule has 0 radical (unpaired) electrons. The molecule has 2 aromatic carbocycles. The van der Waals surface area contributed by atoms with Gasteiger partial charge in [-0.05, 0) is 48.5 Å². The normalized spacial score (nSPS) is 10.7. The third-order valence-corrected chi connectivity index (χ3v) is 4.47. The number of hydrogen-bond acceptors (Lipinski definition) is 6. The number of pyridine rings is 1. The standard InChI is InChI=1S/C23H18N2O5/c26-16-9-7-15(8-10-16)21-12-19(18-5-1-2-6-20(18)25-21)23(28)30-14-22(27)24-13-17-4-3-11-29-17/h1-12,26H,13-14H2,(H,24,27). The van der Waals surface area contributed by atoms with Crippen molar-refractivity contribution in [2.75, 3.05) is 6.61 Å². The molecular formula is C23H18N2O5. The van der Waals surface area contributed by atoms with E-state index < -0.39 is 18.5 Å². The molecule has 0 aliphatic carbocycles. The van der Waals surface area contributed by atoms with Crippen LogP contribution in [0.4, 0.5) is 0 Å². The van der Waals surface area contributed by atoms with Crippen molar-refractivity contribution in [3.63, 3.8) is 0 Å². The molecule has 7 heteroatoms. The van der Waals surface area contributed by atoms with E-state index in [0.717, 1.165) is 5.56 Å². The van der Waals surface area contributed by atoms with Crippen LogP contribution in [0.5, 0.6) is 5.75 Å². The van der Waals surface area contributed by atoms with Crippen LogP contribution in [-0.4, -0.2) is 28.6 Å². The van der Waals surface area contributed by atoms with Gasteiger partial charge in [0.15, 0.2) is 6.61 Å². The van der Waals surface area contributed by atoms with Crippen molar-refractivity contribution in [3.05, 3.63) is 84.3 Å². The van der Waals surface area contributed by atoms with Crippen LogP contribution in [0.25, 0.3) is 22.2 Å². The van der Waals surface area contributed by atoms with E-state index in [4.69, 9.17) is 9.15 Å². The van der Waals surface area contributed by atoms with Crippen LogP contribution in [0, 0.1) is 0 Å². The number of amides is 1. The maximum absolute atomic E-state index is 12.7. The number of para-hydroxylation sites is 1. The monoisotopic (exact) mass is 402 g/mol. The Morgan fingerprint density at radius 3 is 2.60 bits per heavy atom. The molecule has 0 spiro atoms. The Bertz CT molecular complexity index is 1180. The number of carbonyl (C=O) groups is 2. The first kappa shape index (κ1) is 19.2. The summed E-state index contributed by atoms with van der Waals surface area (Å²) < 4.78 is 10.4. The zero-order valence-electron chi connectivity index (χ0n) is 15.9. The van der Waals surface area contributed by atoms with Crippen molar-refractivity contribution in [2.45, 2.75) is 6.54 Å². The van der Waals surface area contributed by atoms with E-state index in [0.29, 0.717) is 27.9 Å². The first-order valence-electron chi connectivity index (χ1n) is 9.25. The van der Waals surface area contributed by atoms with Gasteiger partial charge in [0.1, 0.15) is 11.5 Å². The van der Waals surface area contributed by atoms with Crippen LogP contribution in [-0.2, 0) is 16.1 Å². The van der Waals surface area contributed by atoms with Gasteiger partial charge in [-0.25, -0.2) is 9.78 Å². The average Bonchev–Trinajstić information content (AvgIpc) is 3.29. The van der Waals surface area contributed by atoms with Crippen molar-refractivity contribution in [3.8, 4) is 17.0 Å². The maximum atomic E-state index is 12.7. The topological polar surface area (TPSA) is 102 Å². The Morgan fingerprint density at radius 2 is 1.83 bits per heavy atom. The number of nitrogens with one attached hydrogen (secondary N) is 1. The van der Waals surface area contributed by atoms with E-state index in [1.54, 1.807) is 60.7 Å². The van der Waals surface area contributed by atoms with Crippen LogP contribution in [0.3, 0.4) is 0 Å². The van der Waals surface area contributed by atoms with E-state index in [1.165, 1.54) is 6.26 Å². The lowest BCUT2D eigenvalue weighted by Gasteiger charge is -2.10. The van der Waals surface area contributed by atoms with Crippen LogP contribution in [0.15, 0.2) is 77.4 Å². The summed E-state index contributed by atoms with van der Waals surface area (Å²) in [5, 5.41) is 12.8. The fraction of sp³-hybridized carbons (Fsp3) is 0.0870. The quantitative estimate of drug-likeness (QED) is 0.477. The van der Waals surface area contributed by atoms with Gasteiger partial charge in [0.05, 0.1) is 29.6 Å². The number of ether oxygens (including phenoxy) is 1. The minimum Gasteiger partial charge on any atom is -0.508 e. The fourth-order valence-electron chi connectivity index (χ4n) is 2.98. The summed E-state index contributed by atoms with van der Waals surface area (Å²) in [5.74, 6) is -0.313. The highest BCUT2D eigenvalue weighted by Crippen LogP contribution is 2.26. The van der Waals surface area contributed by atoms with E-state index >= 15 is 0 Å². The fourth-order valence-corrected chi connectivity index (χ4v) is 2.98. The molecule has 0 aliphatic rings. The smallest absolute Gasteiger partial charge is 0.339 e. The molecule has 0 saturated carbocycles. The van der Waals surface area contributed by atoms with Crippen molar-refractivity contribution < 1.29 is 23.8 Å². The SMILES string of the molecule is O=C(COC(=O)c1cc(-c2ccc(O)cc2)nc2ccccc12)NCc1ccco1. The molecule has 2 heterocycles. The molecule has 0 unspecified atom stereocenters. The number of rotatable bonds is 6. The minimum absolute atomic E-state index is 0.139. The highest BCUT2D eigenvalue weighted by molar-refractivity contribution is 6.05. The molecule has 7 nitrogen and oxygen atoms in total. The Morgan fingerprint density at radius 1 is 1.03 bits per heavy atom. The molecule has 4 aromatic rings. The molecule has 0 aliphatic heterocycles. The van der Waals surface area contributed by atoms with Crippen LogP contribution in [0.1, 0.15) is 16.1 Å². The maximum Gasteiger partial charge on any atom is 0.339 e. The van der Waals surface area contributed by atoms with Gasteiger partial charge in [-0.3, -0.25) is 4.79 Å². The largest absolute Gasteiger partial charge is 0.508 e. The van der Waals surface area contributed by atoms with E-state index in [1.807, 2.05) is 6.07 Å². The van der Waals surface area contributed by atoms with Gasteiger partial charge in [0, 0.05) is 10.9 Å². The second-order valence-corrected chi connectivity index (χ2v) is 6.55. The first-order chi connectivity index (χ1) is 14.6. The summed E-state index contributed by atoms with van der Waals surface area (Å²) in [6.07, 6.45) is 1.52. The Hall–Kier alpha value is -4.13. The first-order valence-corrected chi connectivity index (χ1v) is 9.25. The Labute approximate surface area is 171 Å². The zero-order chi connectivity index (χ0) is 20.9. The number of fused-ring (bicyclic) bond motifs is 1. The van der Waals surface area contributed by atoms with Gasteiger partial charge < -0.3 is 19.6 Å². The third-order valence-electron chi connectivity index (χ3n) is 4.47. The van der Waals surface area contributed by atoms with Gasteiger partial charge in [0.25, 0.3) is 5.91 Å². The Balaban J connectivity index is 1.53. The molecule has 0 atom stereocenters. The minimum atomic E-state index is -0.623. The van der Waals surface area contributed by atoms with Gasteiger partial charge >= 0.3 is 5.97 Å². The summed E-state index contributed by atoms with van der Waals surface area (Å²) in [6, 6.07) is 18.8. The number of aromatic nitrogens is 1. The predicted molar refractivity (Wildman–Crippen MR) is 110 cm³/mol. The van der Waals surface area contributed by atoms with Crippen LogP contribution in [0.2, 0.25) is 0 Å². The highest BCUT2D eigenvalue weighted by atomic mass is 16.5. The molecule has 2 aromatic heterocycles. The third kappa shape index (κ3) is 4.30. The van der Waals surface area contributed by atoms with Gasteiger partial charge in [-0.1, -0.05) is 18.2 Å². The lowest BCUT2D eigenvalue weighted by Crippen LogP contribution is -2.28. The second-order valence-electron chi connectivity index (χ2n) is 6.55. The summed E-state index contributed by atoms with van der Waals surface area (Å²) >= 11 is 0. The van der Waals surface area contributed by atoms with E-state index in [2.05, 4.69) is 10.3 Å². The molecule has 30 heavy (non-hydrogen) atoms. The van der Waals surface area contributed by atoms with Crippen molar-refractivity contribution >= 4 is 22.8 Å². The van der Waals surface area contributed by atoms with Gasteiger partial charge in [-0.2, -0.15) is 0 Å². The number of aromatic hydroxyl groups is 1. The number of carbonyl (C=O) groups excluding carboxylic acids is 2. The van der Waals surface area contributed by atoms with Gasteiger partial charge in [0.2, 0.25) is 0 Å². The summed E-state index contributed by atoms with van der Waals surface area (Å²) in [5.41, 5.74) is 2.23. The van der Waals surface area contributed by atoms with Crippen LogP contribution < -0.4 is 5.32 Å². The highest BCUT2D eigenvalue weighted by Gasteiger charge is 2.16. The number of hydrogen-bond donors (Lipinski definition) is 2. The second kappa shape index (κ2) is 8.48. The van der Waals surface area contributed by atoms with Crippen molar-refractivity contribution in [1.29, 1.82) is 0 Å². The number of furan rings is 1. The predicted octanol–water partition coefficient (Wildman–Crippen LogP) is 3.67. The molecule has 4 rings (SSSR count). The molecule has 2 N–H and O–H groups in total. The number of benzene rings is 2. The lowest BCUT2D eigenvalue weighted by atomic mass is 10.0. The molecule has 0 saturated heterocycles. The number of esters is 1. The molecule has 1 amide bonds.